The molecule has 0 radical (unpaired) electrons. The van der Waals surface area contributed by atoms with Crippen molar-refractivity contribution in [2.75, 3.05) is 6.61 Å². The zero-order valence-corrected chi connectivity index (χ0v) is 14.8. The molecule has 22 heavy (non-hydrogen) atoms. The topological polar surface area (TPSA) is 75.6 Å². The number of amides is 1. The van der Waals surface area contributed by atoms with Crippen LogP contribution in [0.3, 0.4) is 0 Å². The van der Waals surface area contributed by atoms with Gasteiger partial charge in [0.05, 0.1) is 17.5 Å². The van der Waals surface area contributed by atoms with Gasteiger partial charge in [-0.2, -0.15) is 0 Å². The summed E-state index contributed by atoms with van der Waals surface area (Å²) < 4.78 is 6.24. The van der Waals surface area contributed by atoms with Gasteiger partial charge in [-0.05, 0) is 54.4 Å². The van der Waals surface area contributed by atoms with Gasteiger partial charge in [-0.3, -0.25) is 9.59 Å². The van der Waals surface area contributed by atoms with Crippen molar-refractivity contribution in [2.24, 2.45) is 0 Å². The molecule has 0 aliphatic carbocycles. The van der Waals surface area contributed by atoms with Crippen LogP contribution in [0.1, 0.15) is 33.1 Å². The Labute approximate surface area is 143 Å². The van der Waals surface area contributed by atoms with E-state index in [4.69, 9.17) is 21.4 Å². The average Bonchev–Trinajstić information content (AvgIpc) is 2.38. The van der Waals surface area contributed by atoms with Crippen molar-refractivity contribution in [3.63, 3.8) is 0 Å². The van der Waals surface area contributed by atoms with Crippen molar-refractivity contribution in [3.8, 4) is 5.75 Å². The van der Waals surface area contributed by atoms with E-state index in [1.54, 1.807) is 32.0 Å². The molecule has 0 heterocycles. The highest BCUT2D eigenvalue weighted by Gasteiger charge is 2.21. The minimum absolute atomic E-state index is 0.0154. The third kappa shape index (κ3) is 7.13. The molecule has 7 heteroatoms. The molecule has 0 spiro atoms. The summed E-state index contributed by atoms with van der Waals surface area (Å²) in [6.45, 7) is 3.82. The number of aliphatic carboxylic acids is 1. The second kappa shape index (κ2) is 8.39. The van der Waals surface area contributed by atoms with Crippen LogP contribution in [0.15, 0.2) is 22.7 Å². The normalized spacial score (nSPS) is 11.1. The van der Waals surface area contributed by atoms with E-state index in [-0.39, 0.29) is 25.4 Å². The van der Waals surface area contributed by atoms with E-state index in [0.717, 1.165) is 4.47 Å². The summed E-state index contributed by atoms with van der Waals surface area (Å²) in [5.41, 5.74) is -0.559. The van der Waals surface area contributed by atoms with Crippen molar-refractivity contribution in [1.82, 2.24) is 5.32 Å². The quantitative estimate of drug-likeness (QED) is 0.708. The second-order valence-electron chi connectivity index (χ2n) is 5.50. The number of hydrogen-bond acceptors (Lipinski definition) is 3. The van der Waals surface area contributed by atoms with E-state index < -0.39 is 11.5 Å². The molecular weight excluding hydrogens is 374 g/mol. The number of carbonyl (C=O) groups is 2. The van der Waals surface area contributed by atoms with Gasteiger partial charge in [-0.25, -0.2) is 0 Å². The molecule has 0 aliphatic heterocycles. The lowest BCUT2D eigenvalue weighted by Crippen LogP contribution is -2.44. The van der Waals surface area contributed by atoms with Crippen LogP contribution in [0, 0.1) is 0 Å². The lowest BCUT2D eigenvalue weighted by Gasteiger charge is -2.25. The number of benzene rings is 1. The van der Waals surface area contributed by atoms with Crippen LogP contribution in [0.4, 0.5) is 0 Å². The first-order valence-electron chi connectivity index (χ1n) is 6.80. The fraction of sp³-hybridized carbons (Fsp3) is 0.467. The van der Waals surface area contributed by atoms with Crippen LogP contribution in [0.2, 0.25) is 5.02 Å². The maximum atomic E-state index is 11.9. The van der Waals surface area contributed by atoms with E-state index in [9.17, 15) is 9.59 Å². The van der Waals surface area contributed by atoms with Crippen LogP contribution in [0.25, 0.3) is 0 Å². The number of carbonyl (C=O) groups excluding carboxylic acids is 1. The molecule has 122 valence electrons. The number of carboxylic acid groups (broad SMARTS) is 1. The Morgan fingerprint density at radius 3 is 2.64 bits per heavy atom. The van der Waals surface area contributed by atoms with Crippen molar-refractivity contribution in [2.45, 2.75) is 38.6 Å². The predicted molar refractivity (Wildman–Crippen MR) is 88.4 cm³/mol. The summed E-state index contributed by atoms with van der Waals surface area (Å²) in [5, 5.41) is 12.1. The van der Waals surface area contributed by atoms with Crippen molar-refractivity contribution in [3.05, 3.63) is 27.7 Å². The first-order valence-corrected chi connectivity index (χ1v) is 7.97. The fourth-order valence-corrected chi connectivity index (χ4v) is 2.56. The van der Waals surface area contributed by atoms with E-state index in [1.165, 1.54) is 0 Å². The van der Waals surface area contributed by atoms with Gasteiger partial charge in [0, 0.05) is 17.0 Å². The maximum Gasteiger partial charge on any atom is 0.303 e. The predicted octanol–water partition coefficient (Wildman–Crippen LogP) is 3.63. The van der Waals surface area contributed by atoms with Gasteiger partial charge in [-0.1, -0.05) is 11.6 Å². The smallest absolute Gasteiger partial charge is 0.303 e. The molecule has 0 saturated carbocycles. The number of ether oxygens (including phenoxy) is 1. The second-order valence-corrected chi connectivity index (χ2v) is 6.79. The van der Waals surface area contributed by atoms with E-state index in [1.807, 2.05) is 0 Å². The number of carboxylic acids is 1. The molecule has 0 fully saturated rings. The van der Waals surface area contributed by atoms with Gasteiger partial charge in [-0.15, -0.1) is 0 Å². The first-order chi connectivity index (χ1) is 10.2. The highest BCUT2D eigenvalue weighted by atomic mass is 79.9. The zero-order valence-electron chi connectivity index (χ0n) is 12.5. The highest BCUT2D eigenvalue weighted by Crippen LogP contribution is 2.28. The standard InChI is InChI=1S/C15H19BrClNO4/c1-15(2,7-5-14(20)21)18-13(19)6-8-22-12-4-3-10(17)9-11(12)16/h3-4,9H,5-8H2,1-2H3,(H,18,19)(H,20,21). The molecule has 5 nitrogen and oxygen atoms in total. The monoisotopic (exact) mass is 391 g/mol. The molecule has 0 unspecified atom stereocenters. The van der Waals surface area contributed by atoms with Gasteiger partial charge in [0.25, 0.3) is 0 Å². The summed E-state index contributed by atoms with van der Waals surface area (Å²) in [6.07, 6.45) is 0.574. The van der Waals surface area contributed by atoms with Gasteiger partial charge in [0.15, 0.2) is 0 Å². The molecule has 2 N–H and O–H groups in total. The number of rotatable bonds is 8. The lowest BCUT2D eigenvalue weighted by atomic mass is 9.98. The molecule has 1 aromatic carbocycles. The van der Waals surface area contributed by atoms with E-state index >= 15 is 0 Å². The van der Waals surface area contributed by atoms with Crippen LogP contribution < -0.4 is 10.1 Å². The summed E-state index contributed by atoms with van der Waals surface area (Å²) >= 11 is 9.17. The number of halogens is 2. The van der Waals surface area contributed by atoms with Crippen LogP contribution in [0.5, 0.6) is 5.75 Å². The molecule has 0 saturated heterocycles. The molecule has 0 aromatic heterocycles. The Balaban J connectivity index is 2.38. The molecule has 0 atom stereocenters. The van der Waals surface area contributed by atoms with Gasteiger partial charge in [0.1, 0.15) is 5.75 Å². The summed E-state index contributed by atoms with van der Waals surface area (Å²) in [4.78, 5) is 22.4. The van der Waals surface area contributed by atoms with Crippen LogP contribution in [-0.4, -0.2) is 29.1 Å². The first kappa shape index (κ1) is 18.8. The van der Waals surface area contributed by atoms with E-state index in [2.05, 4.69) is 21.2 Å². The van der Waals surface area contributed by atoms with Crippen molar-refractivity contribution < 1.29 is 19.4 Å². The van der Waals surface area contributed by atoms with Crippen LogP contribution >= 0.6 is 27.5 Å². The zero-order chi connectivity index (χ0) is 16.8. The van der Waals surface area contributed by atoms with Gasteiger partial charge < -0.3 is 15.2 Å². The Bertz CT molecular complexity index is 548. The fourth-order valence-electron chi connectivity index (χ4n) is 1.77. The molecule has 0 aliphatic rings. The summed E-state index contributed by atoms with van der Waals surface area (Å²) in [6, 6.07) is 5.14. The van der Waals surface area contributed by atoms with Crippen molar-refractivity contribution >= 4 is 39.4 Å². The molecular formula is C15H19BrClNO4. The Morgan fingerprint density at radius 2 is 2.05 bits per heavy atom. The molecule has 0 bridgehead atoms. The molecule has 1 rings (SSSR count). The number of hydrogen-bond donors (Lipinski definition) is 2. The minimum atomic E-state index is -0.877. The third-order valence-corrected chi connectivity index (χ3v) is 3.78. The van der Waals surface area contributed by atoms with Gasteiger partial charge in [0.2, 0.25) is 5.91 Å². The third-order valence-electron chi connectivity index (χ3n) is 2.92. The van der Waals surface area contributed by atoms with Crippen molar-refractivity contribution in [1.29, 1.82) is 0 Å². The lowest BCUT2D eigenvalue weighted by molar-refractivity contribution is -0.137. The van der Waals surface area contributed by atoms with Gasteiger partial charge >= 0.3 is 5.97 Å². The minimum Gasteiger partial charge on any atom is -0.492 e. The largest absolute Gasteiger partial charge is 0.492 e. The van der Waals surface area contributed by atoms with E-state index in [0.29, 0.717) is 17.2 Å². The summed E-state index contributed by atoms with van der Waals surface area (Å²) in [7, 11) is 0. The molecule has 1 amide bonds. The van der Waals surface area contributed by atoms with Crippen LogP contribution in [-0.2, 0) is 9.59 Å². The maximum absolute atomic E-state index is 11.9. The highest BCUT2D eigenvalue weighted by molar-refractivity contribution is 9.10. The molecule has 1 aromatic rings. The SMILES string of the molecule is CC(C)(CCC(=O)O)NC(=O)CCOc1ccc(Cl)cc1Br. The Hall–Kier alpha value is -1.27. The average molecular weight is 393 g/mol. The Kier molecular flexibility index (Phi) is 7.16. The number of nitrogens with one attached hydrogen (secondary N) is 1. The summed E-state index contributed by atoms with van der Waals surface area (Å²) in [5.74, 6) is -0.443. The Morgan fingerprint density at radius 1 is 1.36 bits per heavy atom.